The number of nitrogens with zero attached hydrogens (tertiary/aromatic N) is 1. The fourth-order valence-corrected chi connectivity index (χ4v) is 2.36. The van der Waals surface area contributed by atoms with E-state index in [9.17, 15) is 9.59 Å². The summed E-state index contributed by atoms with van der Waals surface area (Å²) in [6.07, 6.45) is 0. The Morgan fingerprint density at radius 1 is 1.53 bits per heavy atom. The van der Waals surface area contributed by atoms with Crippen LogP contribution in [-0.4, -0.2) is 15.9 Å². The maximum absolute atomic E-state index is 12.0. The van der Waals surface area contributed by atoms with Crippen LogP contribution in [0.1, 0.15) is 27.3 Å². The van der Waals surface area contributed by atoms with Crippen LogP contribution < -0.4 is 16.6 Å². The molecule has 0 saturated carbocycles. The molecule has 19 heavy (non-hydrogen) atoms. The van der Waals surface area contributed by atoms with Crippen LogP contribution in [0.2, 0.25) is 0 Å². The molecule has 4 N–H and O–H groups in total. The number of rotatable bonds is 3. The summed E-state index contributed by atoms with van der Waals surface area (Å²) in [6, 6.07) is 1.76. The molecule has 0 bridgehead atoms. The van der Waals surface area contributed by atoms with E-state index in [4.69, 9.17) is 5.73 Å². The molecule has 2 heterocycles. The van der Waals surface area contributed by atoms with Gasteiger partial charge in [0.1, 0.15) is 5.56 Å². The first-order chi connectivity index (χ1) is 8.97. The molecule has 0 fully saturated rings. The van der Waals surface area contributed by atoms with Crippen LogP contribution in [0.5, 0.6) is 0 Å². The summed E-state index contributed by atoms with van der Waals surface area (Å²) in [7, 11) is 0. The highest BCUT2D eigenvalue weighted by Gasteiger charge is 2.14. The fraction of sp³-hybridized carbons (Fsp3) is 0.250. The molecule has 0 aliphatic carbocycles. The quantitative estimate of drug-likeness (QED) is 0.778. The monoisotopic (exact) mass is 278 g/mol. The van der Waals surface area contributed by atoms with Crippen LogP contribution in [0.4, 0.5) is 5.13 Å². The van der Waals surface area contributed by atoms with E-state index < -0.39 is 5.91 Å². The number of hydrogen-bond acceptors (Lipinski definition) is 5. The lowest BCUT2D eigenvalue weighted by Gasteiger charge is -2.06. The van der Waals surface area contributed by atoms with E-state index in [0.29, 0.717) is 16.4 Å². The molecule has 0 saturated heterocycles. The van der Waals surface area contributed by atoms with Crippen molar-refractivity contribution in [3.05, 3.63) is 44.3 Å². The summed E-state index contributed by atoms with van der Waals surface area (Å²) in [5.74, 6) is -0.412. The molecule has 0 unspecified atom stereocenters. The molecule has 0 atom stereocenters. The Labute approximate surface area is 113 Å². The number of nitrogens with one attached hydrogen (secondary N) is 2. The lowest BCUT2D eigenvalue weighted by atomic mass is 10.1. The molecular formula is C12H14N4O2S. The van der Waals surface area contributed by atoms with Crippen LogP contribution in [0.25, 0.3) is 0 Å². The Bertz CT molecular complexity index is 675. The zero-order chi connectivity index (χ0) is 14.0. The number of aromatic amines is 1. The van der Waals surface area contributed by atoms with Crippen molar-refractivity contribution in [1.29, 1.82) is 0 Å². The summed E-state index contributed by atoms with van der Waals surface area (Å²) in [5, 5.41) is 4.88. The number of thiazole rings is 1. The van der Waals surface area contributed by atoms with Gasteiger partial charge in [-0.3, -0.25) is 9.59 Å². The van der Waals surface area contributed by atoms with Crippen molar-refractivity contribution in [2.24, 2.45) is 0 Å². The summed E-state index contributed by atoms with van der Waals surface area (Å²) in [4.78, 5) is 30.4. The van der Waals surface area contributed by atoms with Gasteiger partial charge in [0.2, 0.25) is 0 Å². The molecule has 100 valence electrons. The van der Waals surface area contributed by atoms with Gasteiger partial charge in [-0.15, -0.1) is 11.3 Å². The Morgan fingerprint density at radius 3 is 2.84 bits per heavy atom. The van der Waals surface area contributed by atoms with Crippen LogP contribution in [0.15, 0.2) is 16.2 Å². The van der Waals surface area contributed by atoms with Crippen molar-refractivity contribution in [2.75, 3.05) is 5.73 Å². The summed E-state index contributed by atoms with van der Waals surface area (Å²) in [5.41, 5.74) is 7.31. The predicted molar refractivity (Wildman–Crippen MR) is 74.2 cm³/mol. The maximum atomic E-state index is 12.0. The van der Waals surface area contributed by atoms with Crippen LogP contribution >= 0.6 is 11.3 Å². The molecule has 6 nitrogen and oxygen atoms in total. The number of anilines is 1. The second-order valence-electron chi connectivity index (χ2n) is 4.20. The van der Waals surface area contributed by atoms with Crippen molar-refractivity contribution in [2.45, 2.75) is 20.4 Å². The first kappa shape index (κ1) is 13.3. The summed E-state index contributed by atoms with van der Waals surface area (Å²) < 4.78 is 0. The Kier molecular flexibility index (Phi) is 3.66. The van der Waals surface area contributed by atoms with E-state index in [1.165, 1.54) is 11.3 Å². The van der Waals surface area contributed by atoms with Gasteiger partial charge in [-0.1, -0.05) is 0 Å². The molecule has 2 rings (SSSR count). The van der Waals surface area contributed by atoms with Gasteiger partial charge in [0.25, 0.3) is 11.5 Å². The van der Waals surface area contributed by atoms with E-state index in [0.717, 1.165) is 5.69 Å². The molecule has 0 aliphatic heterocycles. The minimum absolute atomic E-state index is 0.133. The number of nitrogen functional groups attached to an aromatic ring is 1. The fourth-order valence-electron chi connectivity index (χ4n) is 1.80. The lowest BCUT2D eigenvalue weighted by molar-refractivity contribution is 0.0948. The molecule has 1 amide bonds. The van der Waals surface area contributed by atoms with Gasteiger partial charge in [0, 0.05) is 11.1 Å². The zero-order valence-electron chi connectivity index (χ0n) is 10.6. The van der Waals surface area contributed by atoms with E-state index in [-0.39, 0.29) is 17.7 Å². The van der Waals surface area contributed by atoms with E-state index in [1.807, 2.05) is 0 Å². The number of aryl methyl sites for hydroxylation is 2. The Balaban J connectivity index is 2.14. The number of amides is 1. The minimum atomic E-state index is -0.412. The smallest absolute Gasteiger partial charge is 0.261 e. The average Bonchev–Trinajstić information content (AvgIpc) is 2.71. The number of aromatic nitrogens is 2. The SMILES string of the molecule is Cc1cc(C)c(C(=O)NCc2csc(N)n2)c(=O)[nH]1. The molecule has 2 aromatic rings. The van der Waals surface area contributed by atoms with Gasteiger partial charge in [-0.05, 0) is 25.5 Å². The molecule has 7 heteroatoms. The van der Waals surface area contributed by atoms with Crippen LogP contribution in [-0.2, 0) is 6.54 Å². The van der Waals surface area contributed by atoms with E-state index >= 15 is 0 Å². The van der Waals surface area contributed by atoms with Crippen LogP contribution in [0, 0.1) is 13.8 Å². The Hall–Kier alpha value is -2.15. The van der Waals surface area contributed by atoms with Crippen molar-refractivity contribution >= 4 is 22.4 Å². The van der Waals surface area contributed by atoms with E-state index in [2.05, 4.69) is 15.3 Å². The van der Waals surface area contributed by atoms with Gasteiger partial charge >= 0.3 is 0 Å². The molecular weight excluding hydrogens is 264 g/mol. The highest BCUT2D eigenvalue weighted by atomic mass is 32.1. The predicted octanol–water partition coefficient (Wildman–Crippen LogP) is 0.960. The highest BCUT2D eigenvalue weighted by molar-refractivity contribution is 7.13. The standard InChI is InChI=1S/C12H14N4O2S/c1-6-3-7(2)15-11(18)9(6)10(17)14-4-8-5-19-12(13)16-8/h3,5H,4H2,1-2H3,(H2,13,16)(H,14,17)(H,15,18). The molecule has 2 aromatic heterocycles. The third-order valence-corrected chi connectivity index (χ3v) is 3.31. The summed E-state index contributed by atoms with van der Waals surface area (Å²) in [6.45, 7) is 3.76. The number of hydrogen-bond donors (Lipinski definition) is 3. The largest absolute Gasteiger partial charge is 0.375 e. The maximum Gasteiger partial charge on any atom is 0.261 e. The van der Waals surface area contributed by atoms with Gasteiger partial charge < -0.3 is 16.0 Å². The van der Waals surface area contributed by atoms with Gasteiger partial charge in [-0.25, -0.2) is 4.98 Å². The van der Waals surface area contributed by atoms with Gasteiger partial charge in [0.15, 0.2) is 5.13 Å². The zero-order valence-corrected chi connectivity index (χ0v) is 11.4. The molecule has 0 spiro atoms. The highest BCUT2D eigenvalue weighted by Crippen LogP contribution is 2.11. The number of nitrogens with two attached hydrogens (primary N) is 1. The minimum Gasteiger partial charge on any atom is -0.375 e. The van der Waals surface area contributed by atoms with E-state index in [1.54, 1.807) is 25.3 Å². The number of H-pyrrole nitrogens is 1. The van der Waals surface area contributed by atoms with Crippen LogP contribution in [0.3, 0.4) is 0 Å². The van der Waals surface area contributed by atoms with Crippen molar-refractivity contribution < 1.29 is 4.79 Å². The molecule has 0 aliphatic rings. The number of pyridine rings is 1. The van der Waals surface area contributed by atoms with Gasteiger partial charge in [-0.2, -0.15) is 0 Å². The average molecular weight is 278 g/mol. The third kappa shape index (κ3) is 3.00. The summed E-state index contributed by atoms with van der Waals surface area (Å²) >= 11 is 1.31. The lowest BCUT2D eigenvalue weighted by Crippen LogP contribution is -2.30. The van der Waals surface area contributed by atoms with Crippen molar-refractivity contribution in [1.82, 2.24) is 15.3 Å². The second-order valence-corrected chi connectivity index (χ2v) is 5.09. The molecule has 0 aromatic carbocycles. The molecule has 0 radical (unpaired) electrons. The number of carbonyl (C=O) groups excluding carboxylic acids is 1. The van der Waals surface area contributed by atoms with Gasteiger partial charge in [0.05, 0.1) is 12.2 Å². The topological polar surface area (TPSA) is 101 Å². The first-order valence-corrected chi connectivity index (χ1v) is 6.54. The third-order valence-electron chi connectivity index (χ3n) is 2.59. The van der Waals surface area contributed by atoms with Crippen molar-refractivity contribution in [3.8, 4) is 0 Å². The first-order valence-electron chi connectivity index (χ1n) is 5.66. The second kappa shape index (κ2) is 5.23. The normalized spacial score (nSPS) is 10.4. The Morgan fingerprint density at radius 2 is 2.26 bits per heavy atom. The number of carbonyl (C=O) groups is 1. The van der Waals surface area contributed by atoms with Crippen molar-refractivity contribution in [3.63, 3.8) is 0 Å².